The predicted octanol–water partition coefficient (Wildman–Crippen LogP) is -2.77. The molecule has 4 unspecified atom stereocenters. The first kappa shape index (κ1) is 22.7. The van der Waals surface area contributed by atoms with Crippen LogP contribution in [0.2, 0.25) is 0 Å². The van der Waals surface area contributed by atoms with Crippen molar-refractivity contribution in [2.45, 2.75) is 37.1 Å². The molecule has 1 aliphatic carbocycles. The summed E-state index contributed by atoms with van der Waals surface area (Å²) in [6, 6.07) is 0. The van der Waals surface area contributed by atoms with Crippen LogP contribution in [0.15, 0.2) is 0 Å². The van der Waals surface area contributed by atoms with Crippen LogP contribution in [-0.4, -0.2) is 106 Å². The zero-order valence-corrected chi connectivity index (χ0v) is 14.5. The van der Waals surface area contributed by atoms with Gasteiger partial charge in [-0.1, -0.05) is 6.42 Å². The molecule has 25 heavy (non-hydrogen) atoms. The lowest BCUT2D eigenvalue weighted by atomic mass is 9.58. The molecule has 0 saturated heterocycles. The normalized spacial score (nSPS) is 28.7. The molecule has 0 bridgehead atoms. The minimum absolute atomic E-state index is 0.111. The maximum absolute atomic E-state index is 10.0. The van der Waals surface area contributed by atoms with Crippen LogP contribution in [0.25, 0.3) is 0 Å². The molecule has 7 N–H and O–H groups in total. The van der Waals surface area contributed by atoms with Crippen molar-refractivity contribution in [1.82, 2.24) is 0 Å². The molecule has 9 nitrogen and oxygen atoms in total. The first-order chi connectivity index (χ1) is 11.9. The first-order valence-electron chi connectivity index (χ1n) is 8.57. The molecule has 0 amide bonds. The molecule has 0 aromatic carbocycles. The molecule has 0 spiro atoms. The molecule has 0 aromatic rings. The topological polar surface area (TPSA) is 160 Å². The first-order valence-corrected chi connectivity index (χ1v) is 8.57. The Kier molecular flexibility index (Phi) is 9.71. The Morgan fingerprint density at radius 3 is 2.04 bits per heavy atom. The van der Waals surface area contributed by atoms with Crippen LogP contribution >= 0.6 is 0 Å². The Balaban J connectivity index is 3.06. The number of rotatable bonds is 12. The minimum Gasteiger partial charge on any atom is -0.396 e. The molecule has 0 radical (unpaired) electrons. The summed E-state index contributed by atoms with van der Waals surface area (Å²) >= 11 is 0. The van der Waals surface area contributed by atoms with Gasteiger partial charge in [-0.3, -0.25) is 0 Å². The fraction of sp³-hybridized carbons (Fsp3) is 1.00. The van der Waals surface area contributed by atoms with Gasteiger partial charge in [-0.2, -0.15) is 0 Å². The summed E-state index contributed by atoms with van der Waals surface area (Å²) < 4.78 is 11.3. The van der Waals surface area contributed by atoms with E-state index in [0.717, 1.165) is 0 Å². The predicted molar refractivity (Wildman–Crippen MR) is 86.7 cm³/mol. The van der Waals surface area contributed by atoms with E-state index in [4.69, 9.17) is 19.7 Å². The van der Waals surface area contributed by atoms with Gasteiger partial charge in [0.2, 0.25) is 0 Å². The van der Waals surface area contributed by atoms with Gasteiger partial charge in [-0.05, 0) is 18.8 Å². The van der Waals surface area contributed by atoms with Crippen molar-refractivity contribution in [2.24, 2.45) is 11.3 Å². The molecule has 1 rings (SSSR count). The highest BCUT2D eigenvalue weighted by Gasteiger charge is 2.58. The van der Waals surface area contributed by atoms with E-state index in [9.17, 15) is 25.5 Å². The number of hydrogen-bond donors (Lipinski definition) is 7. The van der Waals surface area contributed by atoms with Gasteiger partial charge in [0, 0.05) is 6.61 Å². The van der Waals surface area contributed by atoms with Gasteiger partial charge >= 0.3 is 0 Å². The van der Waals surface area contributed by atoms with Crippen LogP contribution in [0.4, 0.5) is 0 Å². The van der Waals surface area contributed by atoms with Crippen LogP contribution in [0.1, 0.15) is 19.3 Å². The number of aliphatic hydroxyl groups excluding tert-OH is 7. The average Bonchev–Trinajstić information content (AvgIpc) is 2.65. The third-order valence-corrected chi connectivity index (χ3v) is 5.23. The van der Waals surface area contributed by atoms with Crippen molar-refractivity contribution < 1.29 is 45.2 Å². The van der Waals surface area contributed by atoms with Crippen molar-refractivity contribution in [3.8, 4) is 0 Å². The highest BCUT2D eigenvalue weighted by atomic mass is 16.6. The molecule has 4 atom stereocenters. The van der Waals surface area contributed by atoms with E-state index in [-0.39, 0.29) is 26.4 Å². The molecule has 0 aliphatic heterocycles. The van der Waals surface area contributed by atoms with Gasteiger partial charge in [0.05, 0.1) is 51.7 Å². The second-order valence-electron chi connectivity index (χ2n) is 6.74. The average molecular weight is 368 g/mol. The van der Waals surface area contributed by atoms with Crippen molar-refractivity contribution in [2.75, 3.05) is 52.9 Å². The van der Waals surface area contributed by atoms with Gasteiger partial charge in [0.15, 0.2) is 0 Å². The quantitative estimate of drug-likeness (QED) is 0.193. The van der Waals surface area contributed by atoms with Gasteiger partial charge in [0.25, 0.3) is 0 Å². The summed E-state index contributed by atoms with van der Waals surface area (Å²) in [5, 5.41) is 66.8. The minimum atomic E-state index is -1.21. The molecular formula is C16H32O9. The lowest BCUT2D eigenvalue weighted by Crippen LogP contribution is -2.64. The van der Waals surface area contributed by atoms with Crippen LogP contribution < -0.4 is 0 Å². The second kappa shape index (κ2) is 10.7. The standard InChI is InChI=1S/C16H32O9/c17-4-12-2-1-3-16(15(12,9-20)10-21,25-8-14(23)6-19)11-24-7-13(22)5-18/h12-14,17-23H,1-11H2. The Labute approximate surface area is 147 Å². The zero-order valence-electron chi connectivity index (χ0n) is 14.5. The van der Waals surface area contributed by atoms with E-state index in [2.05, 4.69) is 0 Å². The maximum Gasteiger partial charge on any atom is 0.102 e. The smallest absolute Gasteiger partial charge is 0.102 e. The fourth-order valence-electron chi connectivity index (χ4n) is 3.59. The molecule has 0 aromatic heterocycles. The molecular weight excluding hydrogens is 336 g/mol. The van der Waals surface area contributed by atoms with Gasteiger partial charge in [-0.15, -0.1) is 0 Å². The molecule has 0 heterocycles. The van der Waals surface area contributed by atoms with Gasteiger partial charge < -0.3 is 45.2 Å². The highest BCUT2D eigenvalue weighted by Crippen LogP contribution is 2.50. The summed E-state index contributed by atoms with van der Waals surface area (Å²) in [5.41, 5.74) is -2.42. The van der Waals surface area contributed by atoms with Crippen LogP contribution in [0.3, 0.4) is 0 Å². The summed E-state index contributed by atoms with van der Waals surface area (Å²) in [6.07, 6.45) is -0.573. The van der Waals surface area contributed by atoms with Crippen LogP contribution in [-0.2, 0) is 9.47 Å². The van der Waals surface area contributed by atoms with Crippen molar-refractivity contribution in [3.63, 3.8) is 0 Å². The van der Waals surface area contributed by atoms with E-state index in [1.165, 1.54) is 0 Å². The third-order valence-electron chi connectivity index (χ3n) is 5.23. The third kappa shape index (κ3) is 5.09. The molecule has 1 saturated carbocycles. The molecule has 1 fully saturated rings. The summed E-state index contributed by atoms with van der Waals surface area (Å²) in [4.78, 5) is 0. The van der Waals surface area contributed by atoms with Crippen molar-refractivity contribution in [3.05, 3.63) is 0 Å². The Hall–Kier alpha value is -0.360. The number of hydrogen-bond acceptors (Lipinski definition) is 9. The lowest BCUT2D eigenvalue weighted by molar-refractivity contribution is -0.249. The Bertz CT molecular complexity index is 364. The monoisotopic (exact) mass is 368 g/mol. The summed E-state index contributed by atoms with van der Waals surface area (Å²) in [5.74, 6) is -0.436. The second-order valence-corrected chi connectivity index (χ2v) is 6.74. The SMILES string of the molecule is OCC(O)COCC1(OCC(O)CO)CCCC(CO)C1(CO)CO. The zero-order chi connectivity index (χ0) is 18.9. The van der Waals surface area contributed by atoms with E-state index in [1.807, 2.05) is 0 Å². The van der Waals surface area contributed by atoms with E-state index in [0.29, 0.717) is 19.3 Å². The van der Waals surface area contributed by atoms with Gasteiger partial charge in [-0.25, -0.2) is 0 Å². The number of ether oxygens (including phenoxy) is 2. The van der Waals surface area contributed by atoms with Crippen LogP contribution in [0.5, 0.6) is 0 Å². The van der Waals surface area contributed by atoms with Gasteiger partial charge in [0.1, 0.15) is 17.8 Å². The number of aliphatic hydroxyl groups is 7. The highest BCUT2D eigenvalue weighted by molar-refractivity contribution is 5.07. The molecule has 150 valence electrons. The largest absolute Gasteiger partial charge is 0.396 e. The summed E-state index contributed by atoms with van der Waals surface area (Å²) in [6.45, 7) is -2.67. The molecule has 1 aliphatic rings. The van der Waals surface area contributed by atoms with E-state index < -0.39 is 55.6 Å². The Morgan fingerprint density at radius 2 is 1.52 bits per heavy atom. The summed E-state index contributed by atoms with van der Waals surface area (Å²) in [7, 11) is 0. The van der Waals surface area contributed by atoms with Crippen molar-refractivity contribution in [1.29, 1.82) is 0 Å². The molecule has 9 heteroatoms. The Morgan fingerprint density at radius 1 is 0.920 bits per heavy atom. The van der Waals surface area contributed by atoms with Crippen molar-refractivity contribution >= 4 is 0 Å². The van der Waals surface area contributed by atoms with E-state index in [1.54, 1.807) is 0 Å². The van der Waals surface area contributed by atoms with E-state index >= 15 is 0 Å². The lowest BCUT2D eigenvalue weighted by Gasteiger charge is -2.55. The maximum atomic E-state index is 10.0. The fourth-order valence-corrected chi connectivity index (χ4v) is 3.59. The van der Waals surface area contributed by atoms with Crippen LogP contribution in [0, 0.1) is 11.3 Å².